The number of rotatable bonds is 4. The molecule has 0 heterocycles. The van der Waals surface area contributed by atoms with Crippen molar-refractivity contribution >= 4 is 11.6 Å². The van der Waals surface area contributed by atoms with E-state index in [4.69, 9.17) is 17.3 Å². The molecular formula is C15H14ClF2N. The van der Waals surface area contributed by atoms with E-state index in [0.29, 0.717) is 5.56 Å². The molecule has 1 unspecified atom stereocenters. The zero-order chi connectivity index (χ0) is 13.9. The minimum absolute atomic E-state index is 0.00932. The van der Waals surface area contributed by atoms with Crippen LogP contribution >= 0.6 is 11.6 Å². The number of halogens is 3. The van der Waals surface area contributed by atoms with Crippen LogP contribution < -0.4 is 5.73 Å². The second-order valence-corrected chi connectivity index (χ2v) is 4.83. The molecule has 0 spiro atoms. The third kappa shape index (κ3) is 2.94. The van der Waals surface area contributed by atoms with E-state index in [-0.39, 0.29) is 23.6 Å². The van der Waals surface area contributed by atoms with Crippen LogP contribution in [0.4, 0.5) is 8.78 Å². The average Bonchev–Trinajstić information content (AvgIpc) is 2.45. The summed E-state index contributed by atoms with van der Waals surface area (Å²) in [6.07, 6.45) is -0.139. The highest BCUT2D eigenvalue weighted by Crippen LogP contribution is 2.31. The molecule has 100 valence electrons. The first-order valence-corrected chi connectivity index (χ1v) is 6.32. The maximum absolute atomic E-state index is 14.9. The summed E-state index contributed by atoms with van der Waals surface area (Å²) >= 11 is 5.70. The van der Waals surface area contributed by atoms with Crippen LogP contribution in [0.15, 0.2) is 48.5 Å². The van der Waals surface area contributed by atoms with E-state index in [1.165, 1.54) is 12.1 Å². The number of benzene rings is 2. The lowest BCUT2D eigenvalue weighted by Gasteiger charge is -2.24. The maximum Gasteiger partial charge on any atom is 0.152 e. The van der Waals surface area contributed by atoms with Crippen LogP contribution in [0.25, 0.3) is 0 Å². The van der Waals surface area contributed by atoms with Crippen LogP contribution in [-0.2, 0) is 12.1 Å². The van der Waals surface area contributed by atoms with Gasteiger partial charge in [-0.15, -0.1) is 0 Å². The Morgan fingerprint density at radius 2 is 1.74 bits per heavy atom. The van der Waals surface area contributed by atoms with Crippen molar-refractivity contribution in [1.82, 2.24) is 0 Å². The van der Waals surface area contributed by atoms with E-state index >= 15 is 0 Å². The molecule has 2 N–H and O–H groups in total. The normalized spacial score (nSPS) is 14.1. The van der Waals surface area contributed by atoms with Gasteiger partial charge >= 0.3 is 0 Å². The Morgan fingerprint density at radius 3 is 2.37 bits per heavy atom. The fourth-order valence-corrected chi connectivity index (χ4v) is 2.21. The minimum atomic E-state index is -1.80. The first-order valence-electron chi connectivity index (χ1n) is 5.94. The SMILES string of the molecule is NCC(F)(Cc1cccc(Cl)c1F)c1ccccc1. The smallest absolute Gasteiger partial charge is 0.152 e. The van der Waals surface area contributed by atoms with E-state index < -0.39 is 11.5 Å². The molecule has 0 aromatic heterocycles. The van der Waals surface area contributed by atoms with Gasteiger partial charge in [0.15, 0.2) is 5.67 Å². The molecule has 1 nitrogen and oxygen atoms in total. The van der Waals surface area contributed by atoms with Gasteiger partial charge in [0.25, 0.3) is 0 Å². The first kappa shape index (κ1) is 14.0. The van der Waals surface area contributed by atoms with Crippen molar-refractivity contribution in [2.24, 2.45) is 5.73 Å². The molecule has 2 aromatic rings. The van der Waals surface area contributed by atoms with Crippen LogP contribution in [0.5, 0.6) is 0 Å². The molecule has 0 aliphatic rings. The van der Waals surface area contributed by atoms with Gasteiger partial charge in [-0.05, 0) is 17.2 Å². The lowest BCUT2D eigenvalue weighted by Crippen LogP contribution is -2.33. The molecule has 0 aliphatic heterocycles. The van der Waals surface area contributed by atoms with Crippen molar-refractivity contribution < 1.29 is 8.78 Å². The molecule has 2 rings (SSSR count). The Morgan fingerprint density at radius 1 is 1.05 bits per heavy atom. The maximum atomic E-state index is 14.9. The van der Waals surface area contributed by atoms with Crippen LogP contribution in [-0.4, -0.2) is 6.54 Å². The minimum Gasteiger partial charge on any atom is -0.327 e. The van der Waals surface area contributed by atoms with Gasteiger partial charge in [-0.3, -0.25) is 0 Å². The molecular weight excluding hydrogens is 268 g/mol. The van der Waals surface area contributed by atoms with Crippen molar-refractivity contribution in [2.75, 3.05) is 6.54 Å². The topological polar surface area (TPSA) is 26.0 Å². The van der Waals surface area contributed by atoms with Crippen LogP contribution in [0.3, 0.4) is 0 Å². The number of hydrogen-bond acceptors (Lipinski definition) is 1. The Labute approximate surface area is 116 Å². The summed E-state index contributed by atoms with van der Waals surface area (Å²) in [5, 5.41) is -0.00932. The van der Waals surface area contributed by atoms with Gasteiger partial charge < -0.3 is 5.73 Å². The number of alkyl halides is 1. The third-order valence-electron chi connectivity index (χ3n) is 3.12. The summed E-state index contributed by atoms with van der Waals surface area (Å²) in [6, 6.07) is 13.1. The Bertz CT molecular complexity index is 559. The molecule has 0 aliphatic carbocycles. The molecule has 0 fully saturated rings. The predicted molar refractivity (Wildman–Crippen MR) is 73.4 cm³/mol. The van der Waals surface area contributed by atoms with Gasteiger partial charge in [0.05, 0.1) is 5.02 Å². The van der Waals surface area contributed by atoms with Crippen LogP contribution in [0.1, 0.15) is 11.1 Å². The average molecular weight is 282 g/mol. The Balaban J connectivity index is 2.36. The molecule has 2 aromatic carbocycles. The molecule has 1 atom stereocenters. The van der Waals surface area contributed by atoms with Crippen molar-refractivity contribution in [3.63, 3.8) is 0 Å². The fourth-order valence-electron chi connectivity index (χ4n) is 2.02. The summed E-state index contributed by atoms with van der Waals surface area (Å²) < 4.78 is 28.8. The molecule has 0 saturated carbocycles. The lowest BCUT2D eigenvalue weighted by molar-refractivity contribution is 0.173. The van der Waals surface area contributed by atoms with Gasteiger partial charge in [-0.2, -0.15) is 0 Å². The highest BCUT2D eigenvalue weighted by molar-refractivity contribution is 6.30. The quantitative estimate of drug-likeness (QED) is 0.905. The highest BCUT2D eigenvalue weighted by Gasteiger charge is 2.31. The van der Waals surface area contributed by atoms with Crippen molar-refractivity contribution in [2.45, 2.75) is 12.1 Å². The zero-order valence-electron chi connectivity index (χ0n) is 10.2. The lowest BCUT2D eigenvalue weighted by atomic mass is 9.89. The summed E-state index contributed by atoms with van der Waals surface area (Å²) in [4.78, 5) is 0. The largest absolute Gasteiger partial charge is 0.327 e. The van der Waals surface area contributed by atoms with Crippen LogP contribution in [0.2, 0.25) is 5.02 Å². The molecule has 4 heteroatoms. The van der Waals surface area contributed by atoms with Crippen molar-refractivity contribution in [3.8, 4) is 0 Å². The van der Waals surface area contributed by atoms with E-state index in [1.807, 2.05) is 0 Å². The van der Waals surface area contributed by atoms with Crippen molar-refractivity contribution in [1.29, 1.82) is 0 Å². The van der Waals surface area contributed by atoms with E-state index in [2.05, 4.69) is 0 Å². The summed E-state index contributed by atoms with van der Waals surface area (Å²) in [5.41, 5.74) is 4.41. The summed E-state index contributed by atoms with van der Waals surface area (Å²) in [5.74, 6) is -0.587. The summed E-state index contributed by atoms with van der Waals surface area (Å²) in [7, 11) is 0. The monoisotopic (exact) mass is 281 g/mol. The second-order valence-electron chi connectivity index (χ2n) is 4.43. The van der Waals surface area contributed by atoms with Gasteiger partial charge in [-0.25, -0.2) is 8.78 Å². The predicted octanol–water partition coefficient (Wildman–Crippen LogP) is 3.85. The molecule has 0 bridgehead atoms. The number of nitrogens with two attached hydrogens (primary N) is 1. The van der Waals surface area contributed by atoms with E-state index in [0.717, 1.165) is 0 Å². The van der Waals surface area contributed by atoms with E-state index in [9.17, 15) is 8.78 Å². The highest BCUT2D eigenvalue weighted by atomic mass is 35.5. The molecule has 0 radical (unpaired) electrons. The Hall–Kier alpha value is -1.45. The van der Waals surface area contributed by atoms with Gasteiger partial charge in [0.1, 0.15) is 5.82 Å². The number of hydrogen-bond donors (Lipinski definition) is 1. The molecule has 0 saturated heterocycles. The fraction of sp³-hybridized carbons (Fsp3) is 0.200. The molecule has 19 heavy (non-hydrogen) atoms. The first-order chi connectivity index (χ1) is 9.07. The zero-order valence-corrected chi connectivity index (χ0v) is 11.0. The van der Waals surface area contributed by atoms with E-state index in [1.54, 1.807) is 36.4 Å². The second kappa shape index (κ2) is 5.68. The van der Waals surface area contributed by atoms with Gasteiger partial charge in [0, 0.05) is 13.0 Å². The third-order valence-corrected chi connectivity index (χ3v) is 3.41. The van der Waals surface area contributed by atoms with Gasteiger partial charge in [-0.1, -0.05) is 54.1 Å². The summed E-state index contributed by atoms with van der Waals surface area (Å²) in [6.45, 7) is -0.219. The standard InChI is InChI=1S/C15H14ClF2N/c16-13-8-4-5-11(14(13)17)9-15(18,10-19)12-6-2-1-3-7-12/h1-8H,9-10,19H2. The van der Waals surface area contributed by atoms with Crippen molar-refractivity contribution in [3.05, 3.63) is 70.5 Å². The van der Waals surface area contributed by atoms with Crippen LogP contribution in [0, 0.1) is 5.82 Å². The molecule has 0 amide bonds. The Kier molecular flexibility index (Phi) is 4.17. The van der Waals surface area contributed by atoms with Gasteiger partial charge in [0.2, 0.25) is 0 Å².